The second kappa shape index (κ2) is 10.4. The van der Waals surface area contributed by atoms with E-state index in [1.807, 2.05) is 30.3 Å². The monoisotopic (exact) mass is 480 g/mol. The van der Waals surface area contributed by atoms with Crippen LogP contribution in [0.3, 0.4) is 0 Å². The van der Waals surface area contributed by atoms with E-state index in [-0.39, 0.29) is 12.1 Å². The molecule has 0 bridgehead atoms. The molecule has 0 saturated heterocycles. The molecule has 1 aliphatic heterocycles. The third kappa shape index (κ3) is 5.07. The number of rotatable bonds is 8. The van der Waals surface area contributed by atoms with Gasteiger partial charge >= 0.3 is 5.97 Å². The van der Waals surface area contributed by atoms with Gasteiger partial charge in [0.1, 0.15) is 11.9 Å². The maximum Gasteiger partial charge on any atom is 0.306 e. The molecule has 0 aliphatic carbocycles. The van der Waals surface area contributed by atoms with Crippen LogP contribution in [0, 0.1) is 5.92 Å². The summed E-state index contributed by atoms with van der Waals surface area (Å²) in [6.45, 7) is 5.34. The standard InChI is InChI=1S/C31H32N2O3/c1-21(31(34)35)17-23-9-7-12-25(18-23)33-20-26(36-30-16-6-5-15-29(30)33)19-32-22(2)27-14-8-11-24-10-3-4-13-28(24)27/h3-16,18,21-22,26,32H,17,19-20H2,1-2H3,(H,34,35)/t21?,22-,26?/m1/s1. The fourth-order valence-electron chi connectivity index (χ4n) is 4.99. The molecule has 1 heterocycles. The Kier molecular flexibility index (Phi) is 6.92. The van der Waals surface area contributed by atoms with Gasteiger partial charge in [-0.2, -0.15) is 0 Å². The molecule has 4 aromatic rings. The number of carboxylic acids is 1. The Bertz CT molecular complexity index is 1360. The van der Waals surface area contributed by atoms with Crippen molar-refractivity contribution >= 4 is 28.1 Å². The number of carbonyl (C=O) groups is 1. The number of fused-ring (bicyclic) bond motifs is 2. The normalized spacial score (nSPS) is 16.7. The fraction of sp³-hybridized carbons (Fsp3) is 0.258. The molecule has 0 saturated carbocycles. The van der Waals surface area contributed by atoms with Gasteiger partial charge in [-0.1, -0.05) is 73.7 Å². The summed E-state index contributed by atoms with van der Waals surface area (Å²) in [6.07, 6.45) is 0.460. The summed E-state index contributed by atoms with van der Waals surface area (Å²) in [4.78, 5) is 13.6. The molecule has 3 atom stereocenters. The zero-order valence-corrected chi connectivity index (χ0v) is 20.7. The zero-order chi connectivity index (χ0) is 25.1. The summed E-state index contributed by atoms with van der Waals surface area (Å²) in [5.41, 5.74) is 4.37. The van der Waals surface area contributed by atoms with Gasteiger partial charge in [0, 0.05) is 18.3 Å². The number of aliphatic carboxylic acids is 1. The van der Waals surface area contributed by atoms with Gasteiger partial charge in [-0.15, -0.1) is 0 Å². The molecule has 0 fully saturated rings. The first-order valence-electron chi connectivity index (χ1n) is 12.6. The number of nitrogens with zero attached hydrogens (tertiary/aromatic N) is 1. The minimum absolute atomic E-state index is 0.0427. The molecule has 5 rings (SSSR count). The molecule has 1 aliphatic rings. The Morgan fingerprint density at radius 1 is 1.00 bits per heavy atom. The van der Waals surface area contributed by atoms with Crippen LogP contribution in [0.1, 0.15) is 31.0 Å². The van der Waals surface area contributed by atoms with Crippen molar-refractivity contribution in [1.29, 1.82) is 0 Å². The zero-order valence-electron chi connectivity index (χ0n) is 20.7. The predicted molar refractivity (Wildman–Crippen MR) is 145 cm³/mol. The van der Waals surface area contributed by atoms with E-state index in [2.05, 4.69) is 77.8 Å². The average Bonchev–Trinajstić information content (AvgIpc) is 2.91. The Balaban J connectivity index is 1.35. The van der Waals surface area contributed by atoms with E-state index in [0.717, 1.165) is 22.7 Å². The number of ether oxygens (including phenoxy) is 1. The van der Waals surface area contributed by atoms with E-state index in [0.29, 0.717) is 19.5 Å². The smallest absolute Gasteiger partial charge is 0.306 e. The Hall–Kier alpha value is -3.83. The SMILES string of the molecule is CC(Cc1cccc(N2CC(CN[C@H](C)c3cccc4ccccc34)Oc3ccccc32)c1)C(=O)O. The lowest BCUT2D eigenvalue weighted by atomic mass is 9.99. The van der Waals surface area contributed by atoms with Crippen LogP contribution >= 0.6 is 0 Å². The van der Waals surface area contributed by atoms with Crippen LogP contribution in [0.4, 0.5) is 11.4 Å². The molecule has 5 heteroatoms. The van der Waals surface area contributed by atoms with E-state index in [4.69, 9.17) is 4.74 Å². The highest BCUT2D eigenvalue weighted by atomic mass is 16.5. The second-order valence-electron chi connectivity index (χ2n) is 9.63. The summed E-state index contributed by atoms with van der Waals surface area (Å²) < 4.78 is 6.40. The van der Waals surface area contributed by atoms with E-state index >= 15 is 0 Å². The molecule has 184 valence electrons. The summed E-state index contributed by atoms with van der Waals surface area (Å²) in [5, 5.41) is 15.5. The lowest BCUT2D eigenvalue weighted by Crippen LogP contribution is -2.44. The van der Waals surface area contributed by atoms with Crippen molar-refractivity contribution in [2.75, 3.05) is 18.0 Å². The quantitative estimate of drug-likeness (QED) is 0.308. The topological polar surface area (TPSA) is 61.8 Å². The Labute approximate surface area is 212 Å². The molecule has 0 radical (unpaired) electrons. The number of hydrogen-bond acceptors (Lipinski definition) is 4. The van der Waals surface area contributed by atoms with Crippen molar-refractivity contribution in [3.63, 3.8) is 0 Å². The molecule has 5 nitrogen and oxygen atoms in total. The molecule has 2 N–H and O–H groups in total. The first-order valence-corrected chi connectivity index (χ1v) is 12.6. The van der Waals surface area contributed by atoms with E-state index in [1.54, 1.807) is 6.92 Å². The minimum Gasteiger partial charge on any atom is -0.485 e. The molecule has 2 unspecified atom stereocenters. The lowest BCUT2D eigenvalue weighted by Gasteiger charge is -2.37. The van der Waals surface area contributed by atoms with Gasteiger partial charge in [0.05, 0.1) is 18.2 Å². The number of nitrogens with one attached hydrogen (secondary N) is 1. The van der Waals surface area contributed by atoms with E-state index in [9.17, 15) is 9.90 Å². The maximum absolute atomic E-state index is 11.4. The summed E-state index contributed by atoms with van der Waals surface area (Å²) >= 11 is 0. The predicted octanol–water partition coefficient (Wildman–Crippen LogP) is 6.35. The van der Waals surface area contributed by atoms with Gasteiger partial charge in [-0.3, -0.25) is 4.79 Å². The highest BCUT2D eigenvalue weighted by molar-refractivity contribution is 5.86. The molecular formula is C31H32N2O3. The third-order valence-corrected chi connectivity index (χ3v) is 6.96. The number of para-hydroxylation sites is 2. The maximum atomic E-state index is 11.4. The first kappa shape index (κ1) is 23.9. The molecule has 36 heavy (non-hydrogen) atoms. The largest absolute Gasteiger partial charge is 0.485 e. The van der Waals surface area contributed by atoms with Crippen LogP contribution in [0.2, 0.25) is 0 Å². The van der Waals surface area contributed by atoms with Crippen molar-refractivity contribution in [2.45, 2.75) is 32.4 Å². The van der Waals surface area contributed by atoms with Gasteiger partial charge in [0.25, 0.3) is 0 Å². The highest BCUT2D eigenvalue weighted by Gasteiger charge is 2.27. The van der Waals surface area contributed by atoms with Crippen LogP contribution in [-0.2, 0) is 11.2 Å². The lowest BCUT2D eigenvalue weighted by molar-refractivity contribution is -0.141. The minimum atomic E-state index is -0.774. The van der Waals surface area contributed by atoms with Crippen molar-refractivity contribution < 1.29 is 14.6 Å². The third-order valence-electron chi connectivity index (χ3n) is 6.96. The van der Waals surface area contributed by atoms with Crippen LogP contribution in [-0.4, -0.2) is 30.3 Å². The van der Waals surface area contributed by atoms with Crippen molar-refractivity contribution in [1.82, 2.24) is 5.32 Å². The molecule has 0 amide bonds. The number of hydrogen-bond donors (Lipinski definition) is 2. The van der Waals surface area contributed by atoms with Gasteiger partial charge < -0.3 is 20.1 Å². The summed E-state index contributed by atoms with van der Waals surface area (Å²) in [5.74, 6) is -0.342. The van der Waals surface area contributed by atoms with Crippen LogP contribution in [0.15, 0.2) is 91.0 Å². The first-order chi connectivity index (χ1) is 17.5. The number of anilines is 2. The molecule has 4 aromatic carbocycles. The van der Waals surface area contributed by atoms with E-state index in [1.165, 1.54) is 16.3 Å². The van der Waals surface area contributed by atoms with Gasteiger partial charge in [-0.05, 0) is 59.5 Å². The van der Waals surface area contributed by atoms with Crippen molar-refractivity contribution in [3.8, 4) is 5.75 Å². The van der Waals surface area contributed by atoms with Gasteiger partial charge in [0.2, 0.25) is 0 Å². The Morgan fingerprint density at radius 2 is 1.75 bits per heavy atom. The summed E-state index contributed by atoms with van der Waals surface area (Å²) in [7, 11) is 0. The molecular weight excluding hydrogens is 448 g/mol. The molecule has 0 spiro atoms. The van der Waals surface area contributed by atoms with Crippen LogP contribution < -0.4 is 15.0 Å². The molecule has 0 aromatic heterocycles. The van der Waals surface area contributed by atoms with Crippen molar-refractivity contribution in [3.05, 3.63) is 102 Å². The van der Waals surface area contributed by atoms with Crippen molar-refractivity contribution in [2.24, 2.45) is 5.92 Å². The van der Waals surface area contributed by atoms with Gasteiger partial charge in [-0.25, -0.2) is 0 Å². The van der Waals surface area contributed by atoms with Gasteiger partial charge in [0.15, 0.2) is 0 Å². The van der Waals surface area contributed by atoms with Crippen LogP contribution in [0.5, 0.6) is 5.75 Å². The van der Waals surface area contributed by atoms with Crippen LogP contribution in [0.25, 0.3) is 10.8 Å². The second-order valence-corrected chi connectivity index (χ2v) is 9.63. The number of benzene rings is 4. The fourth-order valence-corrected chi connectivity index (χ4v) is 4.99. The highest BCUT2D eigenvalue weighted by Crippen LogP contribution is 2.38. The van der Waals surface area contributed by atoms with E-state index < -0.39 is 11.9 Å². The number of carboxylic acid groups (broad SMARTS) is 1. The summed E-state index contributed by atoms with van der Waals surface area (Å²) in [6, 6.07) is 31.4. The Morgan fingerprint density at radius 3 is 2.61 bits per heavy atom. The average molecular weight is 481 g/mol.